The maximum atomic E-state index is 13.2. The lowest BCUT2D eigenvalue weighted by atomic mass is 9.95. The second-order valence-electron chi connectivity index (χ2n) is 7.19. The van der Waals surface area contributed by atoms with Crippen molar-refractivity contribution in [2.24, 2.45) is 0 Å². The lowest BCUT2D eigenvalue weighted by Crippen LogP contribution is -2.33. The first kappa shape index (κ1) is 20.6. The molecule has 2 amide bonds. The molecule has 0 radical (unpaired) electrons. The first-order valence-electron chi connectivity index (χ1n) is 10.1. The molecule has 5 nitrogen and oxygen atoms in total. The Bertz CT molecular complexity index is 855. The number of carbonyl (C=O) groups is 2. The molecular weight excluding hydrogens is 370 g/mol. The summed E-state index contributed by atoms with van der Waals surface area (Å²) < 4.78 is 0. The van der Waals surface area contributed by atoms with Crippen molar-refractivity contribution in [3.63, 3.8) is 0 Å². The van der Waals surface area contributed by atoms with E-state index in [1.165, 1.54) is 4.88 Å². The Hall–Kier alpha value is -2.18. The van der Waals surface area contributed by atoms with E-state index in [0.29, 0.717) is 17.1 Å². The summed E-state index contributed by atoms with van der Waals surface area (Å²) in [6, 6.07) is 7.75. The van der Waals surface area contributed by atoms with Gasteiger partial charge in [-0.15, -0.1) is 11.3 Å². The van der Waals surface area contributed by atoms with Crippen molar-refractivity contribution in [1.82, 2.24) is 4.90 Å². The van der Waals surface area contributed by atoms with E-state index in [2.05, 4.69) is 15.5 Å². The number of hydrogen-bond acceptors (Lipinski definition) is 4. The van der Waals surface area contributed by atoms with Gasteiger partial charge < -0.3 is 10.6 Å². The molecule has 0 saturated heterocycles. The van der Waals surface area contributed by atoms with E-state index in [1.54, 1.807) is 11.3 Å². The summed E-state index contributed by atoms with van der Waals surface area (Å²) in [4.78, 5) is 29.0. The third-order valence-electron chi connectivity index (χ3n) is 5.31. The number of anilines is 2. The van der Waals surface area contributed by atoms with Gasteiger partial charge in [-0.25, -0.2) is 0 Å². The highest BCUT2D eigenvalue weighted by molar-refractivity contribution is 7.17. The van der Waals surface area contributed by atoms with E-state index in [0.717, 1.165) is 55.6 Å². The number of nitrogens with one attached hydrogen (secondary N) is 2. The second kappa shape index (κ2) is 9.34. The number of fused-ring (bicyclic) bond motifs is 1. The van der Waals surface area contributed by atoms with E-state index in [9.17, 15) is 9.59 Å². The molecule has 1 aliphatic carbocycles. The number of nitrogens with zero attached hydrogens (tertiary/aromatic N) is 1. The van der Waals surface area contributed by atoms with Crippen LogP contribution in [0.5, 0.6) is 0 Å². The van der Waals surface area contributed by atoms with E-state index in [4.69, 9.17) is 0 Å². The van der Waals surface area contributed by atoms with Crippen LogP contribution in [0.25, 0.3) is 0 Å². The van der Waals surface area contributed by atoms with Crippen LogP contribution in [0.3, 0.4) is 0 Å². The smallest absolute Gasteiger partial charge is 0.258 e. The normalized spacial score (nSPS) is 13.3. The highest BCUT2D eigenvalue weighted by atomic mass is 32.1. The van der Waals surface area contributed by atoms with Crippen molar-refractivity contribution in [3.8, 4) is 0 Å². The molecular formula is C22H29N3O2S. The quantitative estimate of drug-likeness (QED) is 0.722. The Morgan fingerprint density at radius 3 is 2.50 bits per heavy atom. The van der Waals surface area contributed by atoms with Gasteiger partial charge in [0.15, 0.2) is 0 Å². The Balaban J connectivity index is 1.86. The summed E-state index contributed by atoms with van der Waals surface area (Å²) in [5, 5.41) is 6.76. The van der Waals surface area contributed by atoms with Crippen LogP contribution >= 0.6 is 11.3 Å². The Labute approximate surface area is 171 Å². The van der Waals surface area contributed by atoms with Gasteiger partial charge in [0.2, 0.25) is 5.91 Å². The van der Waals surface area contributed by atoms with Crippen molar-refractivity contribution in [3.05, 3.63) is 45.8 Å². The average molecular weight is 400 g/mol. The monoisotopic (exact) mass is 399 g/mol. The molecule has 0 bridgehead atoms. The maximum absolute atomic E-state index is 13.2. The van der Waals surface area contributed by atoms with Crippen molar-refractivity contribution in [1.29, 1.82) is 0 Å². The van der Waals surface area contributed by atoms with Gasteiger partial charge in [0.1, 0.15) is 5.00 Å². The Kier molecular flexibility index (Phi) is 6.86. The van der Waals surface area contributed by atoms with Crippen LogP contribution in [0.2, 0.25) is 0 Å². The zero-order valence-electron chi connectivity index (χ0n) is 16.9. The Morgan fingerprint density at radius 2 is 1.79 bits per heavy atom. The van der Waals surface area contributed by atoms with Gasteiger partial charge in [-0.3, -0.25) is 14.5 Å². The highest BCUT2D eigenvalue weighted by Crippen LogP contribution is 2.38. The molecule has 2 aromatic rings. The number of para-hydroxylation sites is 1. The molecule has 28 heavy (non-hydrogen) atoms. The molecule has 0 atom stereocenters. The fourth-order valence-electron chi connectivity index (χ4n) is 3.61. The molecule has 1 heterocycles. The molecule has 1 aromatic carbocycles. The number of thiophene rings is 1. The number of carbonyl (C=O) groups excluding carboxylic acids is 2. The van der Waals surface area contributed by atoms with E-state index in [1.807, 2.05) is 45.0 Å². The maximum Gasteiger partial charge on any atom is 0.258 e. The van der Waals surface area contributed by atoms with Crippen LogP contribution in [0.4, 0.5) is 10.7 Å². The molecule has 6 heteroatoms. The van der Waals surface area contributed by atoms with Crippen molar-refractivity contribution >= 4 is 33.8 Å². The second-order valence-corrected chi connectivity index (χ2v) is 8.30. The largest absolute Gasteiger partial charge is 0.322 e. The van der Waals surface area contributed by atoms with Gasteiger partial charge >= 0.3 is 0 Å². The molecule has 150 valence electrons. The lowest BCUT2D eigenvalue weighted by molar-refractivity contribution is -0.117. The molecule has 2 N–H and O–H groups in total. The number of rotatable bonds is 7. The van der Waals surface area contributed by atoms with Crippen LogP contribution < -0.4 is 10.6 Å². The molecule has 1 aromatic heterocycles. The molecule has 0 unspecified atom stereocenters. The molecule has 1 aliphatic rings. The van der Waals surface area contributed by atoms with Gasteiger partial charge in [0.05, 0.1) is 12.1 Å². The highest BCUT2D eigenvalue weighted by Gasteiger charge is 2.26. The SMILES string of the molecule is CCN(CC)CC(=O)Nc1sc2c(c1C(=O)Nc1ccccc1C)CCCC2. The van der Waals surface area contributed by atoms with Gasteiger partial charge in [0.25, 0.3) is 5.91 Å². The van der Waals surface area contributed by atoms with Gasteiger partial charge in [-0.05, 0) is 62.9 Å². The summed E-state index contributed by atoms with van der Waals surface area (Å²) in [5.41, 5.74) is 3.59. The topological polar surface area (TPSA) is 61.4 Å². The predicted molar refractivity (Wildman–Crippen MR) is 117 cm³/mol. The standard InChI is InChI=1S/C22H29N3O2S/c1-4-25(5-2)14-19(26)24-22-20(16-11-7-9-13-18(16)28-22)21(27)23-17-12-8-6-10-15(17)3/h6,8,10,12H,4-5,7,9,11,13-14H2,1-3H3,(H,23,27)(H,24,26). The molecule has 3 rings (SSSR count). The zero-order valence-corrected chi connectivity index (χ0v) is 17.7. The van der Waals surface area contributed by atoms with E-state index < -0.39 is 0 Å². The van der Waals surface area contributed by atoms with Crippen LogP contribution in [0.1, 0.15) is 53.1 Å². The number of aryl methyl sites for hydroxylation is 2. The fourth-order valence-corrected chi connectivity index (χ4v) is 4.91. The fraction of sp³-hybridized carbons (Fsp3) is 0.455. The van der Waals surface area contributed by atoms with E-state index in [-0.39, 0.29) is 11.8 Å². The number of hydrogen-bond donors (Lipinski definition) is 2. The van der Waals surface area contributed by atoms with Crippen LogP contribution in [-0.4, -0.2) is 36.3 Å². The molecule has 0 saturated carbocycles. The first-order chi connectivity index (χ1) is 13.5. The van der Waals surface area contributed by atoms with Gasteiger partial charge in [0, 0.05) is 10.6 Å². The van der Waals surface area contributed by atoms with Crippen LogP contribution in [0, 0.1) is 6.92 Å². The minimum absolute atomic E-state index is 0.0627. The minimum Gasteiger partial charge on any atom is -0.322 e. The summed E-state index contributed by atoms with van der Waals surface area (Å²) in [6.07, 6.45) is 4.10. The van der Waals surface area contributed by atoms with Gasteiger partial charge in [-0.2, -0.15) is 0 Å². The van der Waals surface area contributed by atoms with Crippen molar-refractivity contribution in [2.45, 2.75) is 46.5 Å². The average Bonchev–Trinajstić information content (AvgIpc) is 3.05. The summed E-state index contributed by atoms with van der Waals surface area (Å²) in [7, 11) is 0. The molecule has 0 fully saturated rings. The Morgan fingerprint density at radius 1 is 1.07 bits per heavy atom. The van der Waals surface area contributed by atoms with Crippen LogP contribution in [0.15, 0.2) is 24.3 Å². The lowest BCUT2D eigenvalue weighted by Gasteiger charge is -2.17. The number of amides is 2. The molecule has 0 spiro atoms. The van der Waals surface area contributed by atoms with Crippen molar-refractivity contribution in [2.75, 3.05) is 30.3 Å². The van der Waals surface area contributed by atoms with E-state index >= 15 is 0 Å². The minimum atomic E-state index is -0.133. The third-order valence-corrected chi connectivity index (χ3v) is 6.51. The molecule has 0 aliphatic heterocycles. The third kappa shape index (κ3) is 4.62. The summed E-state index contributed by atoms with van der Waals surface area (Å²) in [6.45, 7) is 8.06. The van der Waals surface area contributed by atoms with Crippen LogP contribution in [-0.2, 0) is 17.6 Å². The zero-order chi connectivity index (χ0) is 20.1. The number of likely N-dealkylation sites (N-methyl/N-ethyl adjacent to an activating group) is 1. The predicted octanol–water partition coefficient (Wildman–Crippen LogP) is 4.47. The first-order valence-corrected chi connectivity index (χ1v) is 10.9. The van der Waals surface area contributed by atoms with Gasteiger partial charge in [-0.1, -0.05) is 32.0 Å². The number of benzene rings is 1. The summed E-state index contributed by atoms with van der Waals surface area (Å²) >= 11 is 1.56. The summed E-state index contributed by atoms with van der Waals surface area (Å²) in [5.74, 6) is -0.195. The van der Waals surface area contributed by atoms with Crippen molar-refractivity contribution < 1.29 is 9.59 Å².